The first-order valence-corrected chi connectivity index (χ1v) is 11.2. The predicted molar refractivity (Wildman–Crippen MR) is 107 cm³/mol. The van der Waals surface area contributed by atoms with Crippen molar-refractivity contribution in [3.63, 3.8) is 0 Å². The molecule has 0 atom stereocenters. The van der Waals surface area contributed by atoms with Crippen molar-refractivity contribution in [2.75, 3.05) is 13.1 Å². The Bertz CT molecular complexity index is 973. The Kier molecular flexibility index (Phi) is 6.87. The number of nitrogens with zero attached hydrogens (tertiary/aromatic N) is 1. The monoisotopic (exact) mass is 442 g/mol. The molecule has 156 valence electrons. The fourth-order valence-electron chi connectivity index (χ4n) is 3.31. The molecular formula is C20H21ClF2N2O3S. The summed E-state index contributed by atoms with van der Waals surface area (Å²) in [7, 11) is -3.76. The van der Waals surface area contributed by atoms with Gasteiger partial charge in [0.2, 0.25) is 15.9 Å². The van der Waals surface area contributed by atoms with E-state index in [0.717, 1.165) is 0 Å². The molecule has 2 aromatic rings. The van der Waals surface area contributed by atoms with Crippen molar-refractivity contribution in [2.45, 2.75) is 25.1 Å². The normalized spacial score (nSPS) is 16.0. The summed E-state index contributed by atoms with van der Waals surface area (Å²) in [6, 6.07) is 10.2. The lowest BCUT2D eigenvalue weighted by Crippen LogP contribution is -2.43. The smallest absolute Gasteiger partial charge is 0.223 e. The molecule has 1 N–H and O–H groups in total. The minimum Gasteiger partial charge on any atom is -0.352 e. The summed E-state index contributed by atoms with van der Waals surface area (Å²) in [4.78, 5) is 12.4. The van der Waals surface area contributed by atoms with Crippen LogP contribution in [0, 0.1) is 17.6 Å². The summed E-state index contributed by atoms with van der Waals surface area (Å²) in [5.74, 6) is -2.17. The van der Waals surface area contributed by atoms with Crippen LogP contribution in [0.2, 0.25) is 5.02 Å². The minimum atomic E-state index is -3.76. The van der Waals surface area contributed by atoms with Crippen LogP contribution in [0.3, 0.4) is 0 Å². The van der Waals surface area contributed by atoms with Gasteiger partial charge in [0.15, 0.2) is 0 Å². The first-order chi connectivity index (χ1) is 13.8. The van der Waals surface area contributed by atoms with Crippen molar-refractivity contribution in [3.05, 3.63) is 70.2 Å². The van der Waals surface area contributed by atoms with Gasteiger partial charge < -0.3 is 5.32 Å². The van der Waals surface area contributed by atoms with E-state index in [1.807, 2.05) is 0 Å². The molecule has 1 saturated heterocycles. The van der Waals surface area contributed by atoms with Crippen LogP contribution >= 0.6 is 11.6 Å². The lowest BCUT2D eigenvalue weighted by atomic mass is 9.97. The first-order valence-electron chi connectivity index (χ1n) is 9.20. The van der Waals surface area contributed by atoms with Gasteiger partial charge in [0.25, 0.3) is 0 Å². The highest BCUT2D eigenvalue weighted by Crippen LogP contribution is 2.26. The topological polar surface area (TPSA) is 66.5 Å². The molecule has 0 bridgehead atoms. The maximum atomic E-state index is 13.9. The molecule has 9 heteroatoms. The minimum absolute atomic E-state index is 0.0566. The van der Waals surface area contributed by atoms with Gasteiger partial charge in [-0.05, 0) is 31.0 Å². The van der Waals surface area contributed by atoms with E-state index >= 15 is 0 Å². The van der Waals surface area contributed by atoms with Gasteiger partial charge in [-0.2, -0.15) is 0 Å². The van der Waals surface area contributed by atoms with Gasteiger partial charge in [-0.25, -0.2) is 21.5 Å². The van der Waals surface area contributed by atoms with Crippen LogP contribution in [-0.2, 0) is 27.1 Å². The Hall–Kier alpha value is -2.03. The lowest BCUT2D eigenvalue weighted by Gasteiger charge is -2.30. The number of piperidine rings is 1. The fraction of sp³-hybridized carbons (Fsp3) is 0.350. The number of amides is 1. The van der Waals surface area contributed by atoms with Crippen LogP contribution in [0.5, 0.6) is 0 Å². The summed E-state index contributed by atoms with van der Waals surface area (Å²) in [6.07, 6.45) is 0.681. The van der Waals surface area contributed by atoms with E-state index in [1.54, 1.807) is 18.2 Å². The molecule has 29 heavy (non-hydrogen) atoms. The van der Waals surface area contributed by atoms with E-state index in [9.17, 15) is 22.0 Å². The molecule has 0 aliphatic carbocycles. The number of hydrogen-bond donors (Lipinski definition) is 1. The molecule has 0 unspecified atom stereocenters. The van der Waals surface area contributed by atoms with E-state index in [1.165, 1.54) is 28.6 Å². The highest BCUT2D eigenvalue weighted by atomic mass is 35.5. The Morgan fingerprint density at radius 3 is 2.38 bits per heavy atom. The third kappa shape index (κ3) is 5.32. The Balaban J connectivity index is 1.55. The number of rotatable bonds is 6. The Morgan fingerprint density at radius 2 is 1.72 bits per heavy atom. The second-order valence-electron chi connectivity index (χ2n) is 6.94. The molecule has 1 fully saturated rings. The standard InChI is InChI=1S/C20H21ClF2N2O3S/c21-17-5-3-7-19(23)16(17)13-29(27,28)25-10-8-14(9-11-25)20(26)24-12-15-4-1-2-6-18(15)22/h1-7,14H,8-13H2,(H,24,26). The molecule has 0 aromatic heterocycles. The summed E-state index contributed by atoms with van der Waals surface area (Å²) in [6.45, 7) is 0.397. The number of halogens is 3. The van der Waals surface area contributed by atoms with Crippen molar-refractivity contribution in [3.8, 4) is 0 Å². The summed E-state index contributed by atoms with van der Waals surface area (Å²) in [5.41, 5.74) is 0.335. The maximum Gasteiger partial charge on any atom is 0.223 e. The molecule has 1 aliphatic rings. The third-order valence-corrected chi connectivity index (χ3v) is 7.18. The van der Waals surface area contributed by atoms with Crippen LogP contribution in [0.25, 0.3) is 0 Å². The lowest BCUT2D eigenvalue weighted by molar-refractivity contribution is -0.126. The van der Waals surface area contributed by atoms with Crippen molar-refractivity contribution in [1.82, 2.24) is 9.62 Å². The van der Waals surface area contributed by atoms with E-state index in [0.29, 0.717) is 18.4 Å². The summed E-state index contributed by atoms with van der Waals surface area (Å²) < 4.78 is 54.1. The SMILES string of the molecule is O=C(NCc1ccccc1F)C1CCN(S(=O)(=O)Cc2c(F)cccc2Cl)CC1. The molecule has 0 spiro atoms. The van der Waals surface area contributed by atoms with Crippen LogP contribution in [-0.4, -0.2) is 31.7 Å². The zero-order valence-electron chi connectivity index (χ0n) is 15.6. The third-order valence-electron chi connectivity index (χ3n) is 5.02. The van der Waals surface area contributed by atoms with E-state index < -0.39 is 21.6 Å². The van der Waals surface area contributed by atoms with Crippen molar-refractivity contribution < 1.29 is 22.0 Å². The second kappa shape index (κ2) is 9.19. The van der Waals surface area contributed by atoms with Crippen LogP contribution < -0.4 is 5.32 Å². The summed E-state index contributed by atoms with van der Waals surface area (Å²) >= 11 is 5.93. The molecule has 1 heterocycles. The Morgan fingerprint density at radius 1 is 1.07 bits per heavy atom. The van der Waals surface area contributed by atoms with Crippen molar-refractivity contribution in [1.29, 1.82) is 0 Å². The average molecular weight is 443 g/mol. The quantitative estimate of drug-likeness (QED) is 0.744. The molecule has 0 saturated carbocycles. The fourth-order valence-corrected chi connectivity index (χ4v) is 5.23. The number of carbonyl (C=O) groups excluding carboxylic acids is 1. The zero-order valence-corrected chi connectivity index (χ0v) is 17.1. The number of nitrogens with one attached hydrogen (secondary N) is 1. The molecule has 5 nitrogen and oxygen atoms in total. The largest absolute Gasteiger partial charge is 0.352 e. The summed E-state index contributed by atoms with van der Waals surface area (Å²) in [5, 5.41) is 2.77. The number of sulfonamides is 1. The van der Waals surface area contributed by atoms with E-state index in [2.05, 4.69) is 5.32 Å². The molecule has 0 radical (unpaired) electrons. The van der Waals surface area contributed by atoms with Gasteiger partial charge in [-0.3, -0.25) is 4.79 Å². The van der Waals surface area contributed by atoms with Gasteiger partial charge in [-0.1, -0.05) is 35.9 Å². The number of benzene rings is 2. The molecule has 3 rings (SSSR count). The maximum absolute atomic E-state index is 13.9. The number of carbonyl (C=O) groups is 1. The van der Waals surface area contributed by atoms with E-state index in [-0.39, 0.29) is 47.9 Å². The van der Waals surface area contributed by atoms with Gasteiger partial charge in [-0.15, -0.1) is 0 Å². The molecule has 1 aliphatic heterocycles. The van der Waals surface area contributed by atoms with E-state index in [4.69, 9.17) is 11.6 Å². The van der Waals surface area contributed by atoms with Crippen LogP contribution in [0.4, 0.5) is 8.78 Å². The van der Waals surface area contributed by atoms with Crippen molar-refractivity contribution >= 4 is 27.5 Å². The molecule has 2 aromatic carbocycles. The van der Waals surface area contributed by atoms with Gasteiger partial charge >= 0.3 is 0 Å². The highest BCUT2D eigenvalue weighted by Gasteiger charge is 2.32. The molecule has 1 amide bonds. The highest BCUT2D eigenvalue weighted by molar-refractivity contribution is 7.88. The molecular weight excluding hydrogens is 422 g/mol. The van der Waals surface area contributed by atoms with Crippen LogP contribution in [0.1, 0.15) is 24.0 Å². The first kappa shape index (κ1) is 21.7. The second-order valence-corrected chi connectivity index (χ2v) is 9.32. The Labute approximate surface area is 173 Å². The zero-order chi connectivity index (χ0) is 21.0. The van der Waals surface area contributed by atoms with Crippen molar-refractivity contribution in [2.24, 2.45) is 5.92 Å². The van der Waals surface area contributed by atoms with Gasteiger partial charge in [0, 0.05) is 41.7 Å². The van der Waals surface area contributed by atoms with Gasteiger partial charge in [0.05, 0.1) is 5.75 Å². The predicted octanol–water partition coefficient (Wildman–Crippen LogP) is 3.48. The average Bonchev–Trinajstić information content (AvgIpc) is 2.70. The van der Waals surface area contributed by atoms with Crippen LogP contribution in [0.15, 0.2) is 42.5 Å². The van der Waals surface area contributed by atoms with Gasteiger partial charge in [0.1, 0.15) is 11.6 Å². The number of hydrogen-bond acceptors (Lipinski definition) is 3.